The number of fused-ring (bicyclic) bond motifs is 1. The molecule has 2 fully saturated rings. The van der Waals surface area contributed by atoms with Crippen LogP contribution < -0.4 is 0 Å². The van der Waals surface area contributed by atoms with Crippen LogP contribution in [-0.2, 0) is 12.1 Å². The highest BCUT2D eigenvalue weighted by Crippen LogP contribution is 2.45. The van der Waals surface area contributed by atoms with E-state index in [-0.39, 0.29) is 11.4 Å². The summed E-state index contributed by atoms with van der Waals surface area (Å²) >= 11 is 0. The van der Waals surface area contributed by atoms with Gasteiger partial charge in [-0.15, -0.1) is 0 Å². The van der Waals surface area contributed by atoms with Gasteiger partial charge in [0.1, 0.15) is 17.8 Å². The molecule has 0 amide bonds. The van der Waals surface area contributed by atoms with Crippen molar-refractivity contribution >= 4 is 11.0 Å². The number of piperazine rings is 1. The van der Waals surface area contributed by atoms with Crippen molar-refractivity contribution in [3.05, 3.63) is 60.8 Å². The fraction of sp³-hybridized carbons (Fsp3) is 0.400. The number of rotatable bonds is 6. The molecule has 1 aliphatic heterocycles. The van der Waals surface area contributed by atoms with Crippen LogP contribution in [0, 0.1) is 17.1 Å². The third kappa shape index (κ3) is 4.07. The Bertz CT molecular complexity index is 1370. The van der Waals surface area contributed by atoms with Gasteiger partial charge in [-0.2, -0.15) is 10.4 Å². The smallest absolute Gasteiger partial charge is 0.141 e. The van der Waals surface area contributed by atoms with Crippen molar-refractivity contribution in [3.63, 3.8) is 0 Å². The maximum Gasteiger partial charge on any atom is 0.141 e. The minimum Gasteiger partial charge on any atom is -0.346 e. The Morgan fingerprint density at radius 1 is 1.14 bits per heavy atom. The van der Waals surface area contributed by atoms with Crippen LogP contribution >= 0.6 is 0 Å². The molecule has 0 aromatic carbocycles. The summed E-state index contributed by atoms with van der Waals surface area (Å²) in [5.74, 6) is -0.288. The van der Waals surface area contributed by atoms with Gasteiger partial charge >= 0.3 is 0 Å². The molecule has 35 heavy (non-hydrogen) atoms. The summed E-state index contributed by atoms with van der Waals surface area (Å²) in [4.78, 5) is 20.7. The summed E-state index contributed by atoms with van der Waals surface area (Å²) in [5.41, 5.74) is 3.19. The van der Waals surface area contributed by atoms with Crippen LogP contribution in [0.5, 0.6) is 0 Å². The first-order valence-electron chi connectivity index (χ1n) is 11.9. The predicted octanol–water partition coefficient (Wildman–Crippen LogP) is 2.94. The second kappa shape index (κ2) is 8.83. The molecule has 1 saturated carbocycles. The summed E-state index contributed by atoms with van der Waals surface area (Å²) in [6, 6.07) is 6.35. The third-order valence-corrected chi connectivity index (χ3v) is 7.43. The van der Waals surface area contributed by atoms with Gasteiger partial charge in [0, 0.05) is 68.3 Å². The number of hydrogen-bond acceptors (Lipinski definition) is 7. The van der Waals surface area contributed by atoms with Gasteiger partial charge in [-0.05, 0) is 30.5 Å². The summed E-state index contributed by atoms with van der Waals surface area (Å²) < 4.78 is 15.4. The molecular weight excluding hydrogens is 445 g/mol. The summed E-state index contributed by atoms with van der Waals surface area (Å²) in [5, 5.41) is 15.2. The lowest BCUT2D eigenvalue weighted by Gasteiger charge is -2.52. The van der Waals surface area contributed by atoms with E-state index in [1.165, 1.54) is 6.20 Å². The highest BCUT2D eigenvalue weighted by molar-refractivity contribution is 5.89. The fourth-order valence-corrected chi connectivity index (χ4v) is 5.53. The molecule has 10 heteroatoms. The van der Waals surface area contributed by atoms with Gasteiger partial charge < -0.3 is 4.98 Å². The van der Waals surface area contributed by atoms with Crippen LogP contribution in [-0.4, -0.2) is 71.7 Å². The normalized spacial score (nSPS) is 23.3. The van der Waals surface area contributed by atoms with Crippen LogP contribution in [0.1, 0.15) is 24.8 Å². The van der Waals surface area contributed by atoms with E-state index >= 15 is 0 Å². The molecule has 5 heterocycles. The van der Waals surface area contributed by atoms with Gasteiger partial charge in [0.05, 0.1) is 36.1 Å². The quantitative estimate of drug-likeness (QED) is 0.461. The van der Waals surface area contributed by atoms with Gasteiger partial charge in [-0.1, -0.05) is 0 Å². The second-order valence-electron chi connectivity index (χ2n) is 9.58. The molecule has 1 N–H and O–H groups in total. The standard InChI is InChI=1S/C25H26FN9/c26-20-9-18(12-28-14-20)15-33-5-7-34(8-6-33)21-10-25(11-21,2-3-27)35-16-19(13-32-35)23-22-1-4-29-24(22)31-17-30-23/h1,4,9,12-14,16-17,21H,2,5-8,10-11,15H2,(H,29,30,31)/t21-,25+. The van der Waals surface area contributed by atoms with E-state index in [1.807, 2.05) is 29.3 Å². The number of aromatic nitrogens is 6. The highest BCUT2D eigenvalue weighted by Gasteiger charge is 2.49. The van der Waals surface area contributed by atoms with E-state index in [9.17, 15) is 9.65 Å². The number of nitrogens with zero attached hydrogens (tertiary/aromatic N) is 8. The molecule has 0 spiro atoms. The molecule has 0 bridgehead atoms. The molecule has 4 aromatic rings. The number of nitrogens with one attached hydrogen (secondary N) is 1. The summed E-state index contributed by atoms with van der Waals surface area (Å²) in [7, 11) is 0. The number of hydrogen-bond donors (Lipinski definition) is 1. The van der Waals surface area contributed by atoms with Crippen molar-refractivity contribution in [3.8, 4) is 17.3 Å². The second-order valence-corrected chi connectivity index (χ2v) is 9.58. The van der Waals surface area contributed by atoms with E-state index in [0.29, 0.717) is 12.5 Å². The summed E-state index contributed by atoms with van der Waals surface area (Å²) in [6.07, 6.45) is 12.5. The molecular formula is C25H26FN9. The average molecular weight is 472 g/mol. The van der Waals surface area contributed by atoms with Crippen LogP contribution in [0.3, 0.4) is 0 Å². The Morgan fingerprint density at radius 3 is 2.80 bits per heavy atom. The molecule has 4 aromatic heterocycles. The SMILES string of the molecule is N#CC[C@]1(n2cc(-c3ncnc4[nH]ccc34)cn2)C[C@@H](N2CCN(Cc3cncc(F)c3)CC2)C1. The fourth-order valence-electron chi connectivity index (χ4n) is 5.53. The maximum atomic E-state index is 13.4. The number of H-pyrrole nitrogens is 1. The van der Waals surface area contributed by atoms with E-state index < -0.39 is 0 Å². The van der Waals surface area contributed by atoms with Crippen molar-refractivity contribution < 1.29 is 4.39 Å². The Labute approximate surface area is 202 Å². The van der Waals surface area contributed by atoms with Crippen LogP contribution in [0.15, 0.2) is 49.4 Å². The van der Waals surface area contributed by atoms with Crippen molar-refractivity contribution in [2.75, 3.05) is 26.2 Å². The minimum absolute atomic E-state index is 0.285. The number of pyridine rings is 1. The Morgan fingerprint density at radius 2 is 2.00 bits per heavy atom. The average Bonchev–Trinajstić information content (AvgIpc) is 3.52. The molecule has 0 unspecified atom stereocenters. The first kappa shape index (κ1) is 21.8. The highest BCUT2D eigenvalue weighted by atomic mass is 19.1. The predicted molar refractivity (Wildman–Crippen MR) is 127 cm³/mol. The molecule has 0 atom stereocenters. The number of nitriles is 1. The lowest BCUT2D eigenvalue weighted by Crippen LogP contribution is -2.60. The van der Waals surface area contributed by atoms with Gasteiger partial charge in [0.25, 0.3) is 0 Å². The monoisotopic (exact) mass is 471 g/mol. The van der Waals surface area contributed by atoms with Crippen molar-refractivity contribution in [2.24, 2.45) is 0 Å². The summed E-state index contributed by atoms with van der Waals surface area (Å²) in [6.45, 7) is 4.52. The Hall–Kier alpha value is -3.68. The zero-order chi connectivity index (χ0) is 23.8. The number of aromatic amines is 1. The van der Waals surface area contributed by atoms with Gasteiger partial charge in [0.15, 0.2) is 0 Å². The Kier molecular flexibility index (Phi) is 5.51. The molecule has 6 rings (SSSR count). The molecule has 1 aliphatic carbocycles. The zero-order valence-corrected chi connectivity index (χ0v) is 19.3. The number of halogens is 1. The molecule has 2 aliphatic rings. The van der Waals surface area contributed by atoms with Gasteiger partial charge in [-0.25, -0.2) is 14.4 Å². The van der Waals surface area contributed by atoms with Crippen LogP contribution in [0.2, 0.25) is 0 Å². The van der Waals surface area contributed by atoms with Crippen molar-refractivity contribution in [1.29, 1.82) is 5.26 Å². The molecule has 178 valence electrons. The lowest BCUT2D eigenvalue weighted by atomic mass is 9.70. The van der Waals surface area contributed by atoms with E-state index in [4.69, 9.17) is 0 Å². The van der Waals surface area contributed by atoms with Gasteiger partial charge in [0.2, 0.25) is 0 Å². The minimum atomic E-state index is -0.288. The van der Waals surface area contributed by atoms with Crippen LogP contribution in [0.25, 0.3) is 22.3 Å². The van der Waals surface area contributed by atoms with Crippen molar-refractivity contribution in [2.45, 2.75) is 37.4 Å². The van der Waals surface area contributed by atoms with Gasteiger partial charge in [-0.3, -0.25) is 19.5 Å². The lowest BCUT2D eigenvalue weighted by molar-refractivity contribution is -0.0191. The first-order valence-corrected chi connectivity index (χ1v) is 11.9. The van der Waals surface area contributed by atoms with E-state index in [0.717, 1.165) is 73.4 Å². The maximum absolute atomic E-state index is 13.4. The zero-order valence-electron chi connectivity index (χ0n) is 19.3. The van der Waals surface area contributed by atoms with Crippen LogP contribution in [0.4, 0.5) is 4.39 Å². The molecule has 0 radical (unpaired) electrons. The largest absolute Gasteiger partial charge is 0.346 e. The topological polar surface area (TPSA) is 103 Å². The van der Waals surface area contributed by atoms with E-state index in [1.54, 1.807) is 18.6 Å². The first-order chi connectivity index (χ1) is 17.1. The van der Waals surface area contributed by atoms with Crippen molar-refractivity contribution in [1.82, 2.24) is 39.5 Å². The molecule has 9 nitrogen and oxygen atoms in total. The Balaban J connectivity index is 1.11. The third-order valence-electron chi connectivity index (χ3n) is 7.43. The van der Waals surface area contributed by atoms with E-state index in [2.05, 4.69) is 40.9 Å². The molecule has 1 saturated heterocycles.